The van der Waals surface area contributed by atoms with E-state index in [0.29, 0.717) is 18.7 Å². The number of hydrogen-bond acceptors (Lipinski definition) is 3. The molecule has 1 aliphatic heterocycles. The van der Waals surface area contributed by atoms with Crippen LogP contribution in [-0.4, -0.2) is 49.6 Å². The maximum Gasteiger partial charge on any atom is 0.255 e. The molecule has 2 amide bonds. The minimum absolute atomic E-state index is 0.160. The normalized spacial score (nSPS) is 18.8. The molecule has 7 heteroatoms. The Hall–Kier alpha value is -0.670. The third-order valence-electron chi connectivity index (χ3n) is 3.10. The lowest BCUT2D eigenvalue weighted by atomic mass is 10.1. The van der Waals surface area contributed by atoms with Gasteiger partial charge in [0.1, 0.15) is 6.04 Å². The molecule has 0 saturated carbocycles. The molecule has 1 saturated heterocycles. The number of nitrogens with zero attached hydrogens (tertiary/aromatic N) is 1. The minimum Gasteiger partial charge on any atom is -0.377 e. The average molecular weight is 453 g/mol. The monoisotopic (exact) mass is 452 g/mol. The molecule has 108 valence electrons. The van der Waals surface area contributed by atoms with E-state index in [1.54, 1.807) is 11.9 Å². The molecule has 1 atom stereocenters. The molecule has 20 heavy (non-hydrogen) atoms. The van der Waals surface area contributed by atoms with Crippen LogP contribution in [0.2, 0.25) is 0 Å². The van der Waals surface area contributed by atoms with Gasteiger partial charge in [-0.1, -0.05) is 0 Å². The maximum absolute atomic E-state index is 12.7. The van der Waals surface area contributed by atoms with Gasteiger partial charge in [-0.25, -0.2) is 0 Å². The van der Waals surface area contributed by atoms with E-state index in [1.807, 2.05) is 18.2 Å². The third-order valence-corrected chi connectivity index (χ3v) is 4.46. The number of halogens is 2. The lowest BCUT2D eigenvalue weighted by Crippen LogP contribution is -2.55. The van der Waals surface area contributed by atoms with Crippen LogP contribution in [0.15, 0.2) is 22.7 Å². The summed E-state index contributed by atoms with van der Waals surface area (Å²) in [5.74, 6) is -0.368. The van der Waals surface area contributed by atoms with Gasteiger partial charge in [0.25, 0.3) is 5.91 Å². The Morgan fingerprint density at radius 1 is 1.50 bits per heavy atom. The summed E-state index contributed by atoms with van der Waals surface area (Å²) in [5.41, 5.74) is 0.563. The molecule has 0 bridgehead atoms. The number of likely N-dealkylation sites (N-methyl/N-ethyl adjacent to an activating group) is 1. The fraction of sp³-hybridized carbons (Fsp3) is 0.385. The van der Waals surface area contributed by atoms with Crippen molar-refractivity contribution in [3.63, 3.8) is 0 Å². The van der Waals surface area contributed by atoms with Gasteiger partial charge in [0, 0.05) is 21.6 Å². The van der Waals surface area contributed by atoms with Crippen molar-refractivity contribution in [1.29, 1.82) is 0 Å². The molecule has 1 unspecified atom stereocenters. The van der Waals surface area contributed by atoms with E-state index in [0.717, 1.165) is 8.04 Å². The molecular weight excluding hydrogens is 439 g/mol. The van der Waals surface area contributed by atoms with Crippen molar-refractivity contribution in [2.45, 2.75) is 6.04 Å². The van der Waals surface area contributed by atoms with Crippen LogP contribution in [0.4, 0.5) is 0 Å². The Balaban J connectivity index is 2.30. The minimum atomic E-state index is -0.578. The van der Waals surface area contributed by atoms with E-state index < -0.39 is 6.04 Å². The van der Waals surface area contributed by atoms with Crippen LogP contribution in [0, 0.1) is 3.57 Å². The van der Waals surface area contributed by atoms with Gasteiger partial charge in [-0.3, -0.25) is 9.59 Å². The van der Waals surface area contributed by atoms with Crippen LogP contribution in [-0.2, 0) is 9.53 Å². The summed E-state index contributed by atoms with van der Waals surface area (Å²) in [6.07, 6.45) is 0. The molecule has 0 aromatic heterocycles. The first kappa shape index (κ1) is 15.7. The first-order valence-electron chi connectivity index (χ1n) is 6.10. The van der Waals surface area contributed by atoms with Gasteiger partial charge in [0.2, 0.25) is 5.91 Å². The van der Waals surface area contributed by atoms with E-state index in [4.69, 9.17) is 4.74 Å². The summed E-state index contributed by atoms with van der Waals surface area (Å²) in [5, 5.41) is 2.57. The molecule has 0 aliphatic carbocycles. The maximum atomic E-state index is 12.7. The lowest BCUT2D eigenvalue weighted by Gasteiger charge is -2.34. The Morgan fingerprint density at radius 2 is 2.25 bits per heavy atom. The molecular formula is C13H14BrIN2O3. The number of carbonyl (C=O) groups excluding carboxylic acids is 2. The Morgan fingerprint density at radius 3 is 2.95 bits per heavy atom. The summed E-state index contributed by atoms with van der Waals surface area (Å²) >= 11 is 5.55. The lowest BCUT2D eigenvalue weighted by molar-refractivity contribution is -0.130. The molecule has 1 aromatic rings. The summed E-state index contributed by atoms with van der Waals surface area (Å²) in [7, 11) is 1.56. The third kappa shape index (κ3) is 3.32. The summed E-state index contributed by atoms with van der Waals surface area (Å²) in [4.78, 5) is 26.1. The number of morpholine rings is 1. The van der Waals surface area contributed by atoms with Crippen LogP contribution in [0.5, 0.6) is 0 Å². The highest BCUT2D eigenvalue weighted by molar-refractivity contribution is 14.1. The van der Waals surface area contributed by atoms with Gasteiger partial charge in [0.05, 0.1) is 18.8 Å². The first-order valence-corrected chi connectivity index (χ1v) is 7.97. The van der Waals surface area contributed by atoms with E-state index in [-0.39, 0.29) is 18.4 Å². The quantitative estimate of drug-likeness (QED) is 0.694. The highest BCUT2D eigenvalue weighted by atomic mass is 127. The summed E-state index contributed by atoms with van der Waals surface area (Å²) in [6.45, 7) is 1.09. The molecule has 5 nitrogen and oxygen atoms in total. The van der Waals surface area contributed by atoms with Crippen molar-refractivity contribution in [2.75, 3.05) is 26.8 Å². The molecule has 1 N–H and O–H groups in total. The SMILES string of the molecule is CNC(=O)C1COCCN1C(=O)c1cc(I)ccc1Br. The highest BCUT2D eigenvalue weighted by Gasteiger charge is 2.33. The van der Waals surface area contributed by atoms with Crippen LogP contribution in [0.25, 0.3) is 0 Å². The number of nitrogens with one attached hydrogen (secondary N) is 1. The predicted molar refractivity (Wildman–Crippen MR) is 86.6 cm³/mol. The van der Waals surface area contributed by atoms with Crippen LogP contribution in [0.1, 0.15) is 10.4 Å². The number of amides is 2. The number of hydrogen-bond donors (Lipinski definition) is 1. The predicted octanol–water partition coefficient (Wildman–Crippen LogP) is 1.64. The topological polar surface area (TPSA) is 58.6 Å². The zero-order valence-electron chi connectivity index (χ0n) is 10.9. The molecule has 1 heterocycles. The summed E-state index contributed by atoms with van der Waals surface area (Å²) < 4.78 is 7.01. The average Bonchev–Trinajstić information content (AvgIpc) is 2.48. The van der Waals surface area contributed by atoms with Crippen molar-refractivity contribution in [1.82, 2.24) is 10.2 Å². The molecule has 2 rings (SSSR count). The van der Waals surface area contributed by atoms with Gasteiger partial charge in [0.15, 0.2) is 0 Å². The second-order valence-corrected chi connectivity index (χ2v) is 6.43. The Bertz CT molecular complexity index is 538. The molecule has 1 aromatic carbocycles. The number of ether oxygens (including phenoxy) is 1. The fourth-order valence-electron chi connectivity index (χ4n) is 2.05. The van der Waals surface area contributed by atoms with Crippen molar-refractivity contribution in [2.24, 2.45) is 0 Å². The fourth-order valence-corrected chi connectivity index (χ4v) is 2.95. The zero-order valence-corrected chi connectivity index (χ0v) is 14.6. The summed E-state index contributed by atoms with van der Waals surface area (Å²) in [6, 6.07) is 4.98. The number of rotatable bonds is 2. The standard InChI is InChI=1S/C13H14BrIN2O3/c1-16-12(18)11-7-20-5-4-17(11)13(19)9-6-8(15)2-3-10(9)14/h2-3,6,11H,4-5,7H2,1H3,(H,16,18). The van der Waals surface area contributed by atoms with Crippen molar-refractivity contribution < 1.29 is 14.3 Å². The van der Waals surface area contributed by atoms with Crippen molar-refractivity contribution in [3.05, 3.63) is 31.8 Å². The molecule has 1 fully saturated rings. The van der Waals surface area contributed by atoms with Crippen LogP contribution < -0.4 is 5.32 Å². The van der Waals surface area contributed by atoms with Gasteiger partial charge in [-0.05, 0) is 56.7 Å². The van der Waals surface area contributed by atoms with E-state index in [9.17, 15) is 9.59 Å². The van der Waals surface area contributed by atoms with Crippen molar-refractivity contribution >= 4 is 50.3 Å². The largest absolute Gasteiger partial charge is 0.377 e. The second-order valence-electron chi connectivity index (χ2n) is 4.33. The van der Waals surface area contributed by atoms with Crippen LogP contribution >= 0.6 is 38.5 Å². The van der Waals surface area contributed by atoms with Gasteiger partial charge in [-0.15, -0.1) is 0 Å². The van der Waals surface area contributed by atoms with Gasteiger partial charge in [-0.2, -0.15) is 0 Å². The second kappa shape index (κ2) is 6.86. The molecule has 1 aliphatic rings. The Kier molecular flexibility index (Phi) is 5.39. The molecule has 0 radical (unpaired) electrons. The number of carbonyl (C=O) groups is 2. The smallest absolute Gasteiger partial charge is 0.255 e. The Labute approximate surface area is 139 Å². The van der Waals surface area contributed by atoms with Gasteiger partial charge >= 0.3 is 0 Å². The highest BCUT2D eigenvalue weighted by Crippen LogP contribution is 2.23. The van der Waals surface area contributed by atoms with E-state index >= 15 is 0 Å². The van der Waals surface area contributed by atoms with Crippen LogP contribution in [0.3, 0.4) is 0 Å². The van der Waals surface area contributed by atoms with Gasteiger partial charge < -0.3 is 15.0 Å². The van der Waals surface area contributed by atoms with E-state index in [1.165, 1.54) is 0 Å². The zero-order chi connectivity index (χ0) is 14.7. The van der Waals surface area contributed by atoms with Crippen molar-refractivity contribution in [3.8, 4) is 0 Å². The van der Waals surface area contributed by atoms with E-state index in [2.05, 4.69) is 43.8 Å². The first-order chi connectivity index (χ1) is 9.54. The molecule has 0 spiro atoms. The number of benzene rings is 1.